The van der Waals surface area contributed by atoms with Gasteiger partial charge in [-0.3, -0.25) is 0 Å². The van der Waals surface area contributed by atoms with Gasteiger partial charge >= 0.3 is 0 Å². The summed E-state index contributed by atoms with van der Waals surface area (Å²) >= 11 is 6.10. The van der Waals surface area contributed by atoms with Crippen molar-refractivity contribution >= 4 is 21.6 Å². The number of rotatable bonds is 7. The molecule has 4 aromatic rings. The molecule has 10 nitrogen and oxygen atoms in total. The third kappa shape index (κ3) is 4.09. The zero-order valence-corrected chi connectivity index (χ0v) is 18.3. The van der Waals surface area contributed by atoms with Gasteiger partial charge < -0.3 is 4.74 Å². The maximum atomic E-state index is 12.9. The average Bonchev–Trinajstić information content (AvgIpc) is 3.42. The van der Waals surface area contributed by atoms with Crippen molar-refractivity contribution in [2.45, 2.75) is 17.5 Å². The Morgan fingerprint density at radius 3 is 2.47 bits per heavy atom. The Hall–Kier alpha value is -3.28. The molecular weight excluding hydrogens is 454 g/mol. The van der Waals surface area contributed by atoms with Gasteiger partial charge in [-0.05, 0) is 36.4 Å². The van der Waals surface area contributed by atoms with Crippen LogP contribution in [0.5, 0.6) is 11.5 Å². The van der Waals surface area contributed by atoms with Gasteiger partial charge in [0.1, 0.15) is 23.7 Å². The van der Waals surface area contributed by atoms with Gasteiger partial charge in [-0.15, -0.1) is 5.10 Å². The Morgan fingerprint density at radius 1 is 1.03 bits per heavy atom. The molecule has 0 unspecified atom stereocenters. The first-order valence-electron chi connectivity index (χ1n) is 9.76. The first-order valence-corrected chi connectivity index (χ1v) is 11.6. The first kappa shape index (κ1) is 20.6. The van der Waals surface area contributed by atoms with Gasteiger partial charge in [0.2, 0.25) is 10.0 Å². The van der Waals surface area contributed by atoms with Crippen molar-refractivity contribution in [2.75, 3.05) is 13.1 Å². The summed E-state index contributed by atoms with van der Waals surface area (Å²) in [6, 6.07) is 13.3. The molecule has 0 amide bonds. The molecule has 0 atom stereocenters. The number of halogens is 1. The molecule has 1 fully saturated rings. The van der Waals surface area contributed by atoms with E-state index in [1.165, 1.54) is 21.2 Å². The van der Waals surface area contributed by atoms with Crippen LogP contribution in [-0.2, 0) is 16.6 Å². The van der Waals surface area contributed by atoms with Crippen LogP contribution >= 0.6 is 11.6 Å². The number of hydrogen-bond acceptors (Lipinski definition) is 7. The zero-order valence-electron chi connectivity index (χ0n) is 16.7. The predicted molar refractivity (Wildman–Crippen MR) is 115 cm³/mol. The van der Waals surface area contributed by atoms with Gasteiger partial charge in [-0.2, -0.15) is 19.3 Å². The molecule has 32 heavy (non-hydrogen) atoms. The molecule has 0 bridgehead atoms. The Morgan fingerprint density at radius 2 is 1.75 bits per heavy atom. The fraction of sp³-hybridized carbons (Fsp3) is 0.200. The summed E-state index contributed by atoms with van der Waals surface area (Å²) in [5, 5.41) is 16.8. The largest absolute Gasteiger partial charge is 0.456 e. The van der Waals surface area contributed by atoms with Crippen LogP contribution < -0.4 is 4.74 Å². The molecule has 0 spiro atoms. The van der Waals surface area contributed by atoms with E-state index in [0.29, 0.717) is 41.8 Å². The average molecular weight is 472 g/mol. The molecule has 0 radical (unpaired) electrons. The van der Waals surface area contributed by atoms with Crippen LogP contribution in [0.1, 0.15) is 11.7 Å². The third-order valence-corrected chi connectivity index (χ3v) is 7.21. The molecule has 1 saturated heterocycles. The lowest BCUT2D eigenvalue weighted by Crippen LogP contribution is -2.50. The highest BCUT2D eigenvalue weighted by Gasteiger charge is 2.38. The fourth-order valence-electron chi connectivity index (χ4n) is 3.30. The van der Waals surface area contributed by atoms with E-state index in [0.717, 1.165) is 0 Å². The maximum absolute atomic E-state index is 12.9. The summed E-state index contributed by atoms with van der Waals surface area (Å²) in [5.41, 5.74) is 0.705. The lowest BCUT2D eigenvalue weighted by atomic mass is 10.2. The summed E-state index contributed by atoms with van der Waals surface area (Å²) in [7, 11) is -3.61. The quantitative estimate of drug-likeness (QED) is 0.407. The Balaban J connectivity index is 1.21. The van der Waals surface area contributed by atoms with Crippen LogP contribution in [0, 0.1) is 0 Å². The molecule has 3 heterocycles. The van der Waals surface area contributed by atoms with Crippen molar-refractivity contribution in [3.8, 4) is 11.5 Å². The highest BCUT2D eigenvalue weighted by Crippen LogP contribution is 2.31. The standard InChI is InChI=1S/C20H18ClN7O3S/c21-19-3-1-2-4-20(19)31-17-5-7-18(8-6-17)32(29,30)26-13-16(14-26)27-11-15(24-25-27)12-28-22-9-10-23-28/h1-11,16H,12-14H2. The molecule has 0 saturated carbocycles. The Kier molecular flexibility index (Phi) is 5.37. The fourth-order valence-corrected chi connectivity index (χ4v) is 4.99. The number of hydrogen-bond donors (Lipinski definition) is 0. The van der Waals surface area contributed by atoms with Crippen LogP contribution in [-0.4, -0.2) is 55.8 Å². The Bertz CT molecular complexity index is 1320. The second kappa shape index (κ2) is 8.34. The Labute approximate surface area is 189 Å². The molecule has 2 aromatic heterocycles. The number of aromatic nitrogens is 6. The summed E-state index contributed by atoms with van der Waals surface area (Å²) in [5.74, 6) is 1.01. The van der Waals surface area contributed by atoms with Crippen LogP contribution in [0.2, 0.25) is 5.02 Å². The van der Waals surface area contributed by atoms with Crippen molar-refractivity contribution in [1.29, 1.82) is 0 Å². The van der Waals surface area contributed by atoms with Gasteiger partial charge in [0.25, 0.3) is 0 Å². The summed E-state index contributed by atoms with van der Waals surface area (Å²) in [6.45, 7) is 1.05. The third-order valence-electron chi connectivity index (χ3n) is 5.06. The summed E-state index contributed by atoms with van der Waals surface area (Å²) < 4.78 is 34.7. The molecule has 12 heteroatoms. The molecule has 0 aliphatic carbocycles. The smallest absolute Gasteiger partial charge is 0.243 e. The predicted octanol–water partition coefficient (Wildman–Crippen LogP) is 2.61. The lowest BCUT2D eigenvalue weighted by molar-refractivity contribution is 0.189. The van der Waals surface area contributed by atoms with Gasteiger partial charge in [0, 0.05) is 13.1 Å². The van der Waals surface area contributed by atoms with Crippen molar-refractivity contribution in [1.82, 2.24) is 34.3 Å². The van der Waals surface area contributed by atoms with E-state index in [1.54, 1.807) is 47.5 Å². The molecule has 164 valence electrons. The van der Waals surface area contributed by atoms with Crippen molar-refractivity contribution in [3.05, 3.63) is 77.8 Å². The second-order valence-corrected chi connectivity index (χ2v) is 9.57. The molecule has 2 aromatic carbocycles. The van der Waals surface area contributed by atoms with Crippen molar-refractivity contribution < 1.29 is 13.2 Å². The molecule has 5 rings (SSSR count). The maximum Gasteiger partial charge on any atom is 0.243 e. The van der Waals surface area contributed by atoms with Crippen LogP contribution in [0.15, 0.2) is 72.0 Å². The van der Waals surface area contributed by atoms with Crippen LogP contribution in [0.3, 0.4) is 0 Å². The molecule has 1 aliphatic heterocycles. The number of ether oxygens (including phenoxy) is 1. The van der Waals surface area contributed by atoms with Crippen molar-refractivity contribution in [2.24, 2.45) is 0 Å². The minimum atomic E-state index is -3.61. The van der Waals surface area contributed by atoms with Gasteiger partial charge in [0.05, 0.1) is 34.6 Å². The van der Waals surface area contributed by atoms with Gasteiger partial charge in [-0.25, -0.2) is 13.1 Å². The monoisotopic (exact) mass is 471 g/mol. The SMILES string of the molecule is O=S(=O)(c1ccc(Oc2ccccc2Cl)cc1)N1CC(n2cc(Cn3nccn3)nn2)C1. The highest BCUT2D eigenvalue weighted by atomic mass is 35.5. The van der Waals surface area contributed by atoms with E-state index < -0.39 is 10.0 Å². The van der Waals surface area contributed by atoms with E-state index in [4.69, 9.17) is 16.3 Å². The number of para-hydroxylation sites is 1. The highest BCUT2D eigenvalue weighted by molar-refractivity contribution is 7.89. The van der Waals surface area contributed by atoms with Crippen LogP contribution in [0.25, 0.3) is 0 Å². The van der Waals surface area contributed by atoms with Crippen LogP contribution in [0.4, 0.5) is 0 Å². The summed E-state index contributed by atoms with van der Waals surface area (Å²) in [4.78, 5) is 1.71. The number of sulfonamides is 1. The number of nitrogens with zero attached hydrogens (tertiary/aromatic N) is 7. The van der Waals surface area contributed by atoms with Gasteiger partial charge in [0.15, 0.2) is 0 Å². The minimum absolute atomic E-state index is 0.0700. The van der Waals surface area contributed by atoms with Crippen molar-refractivity contribution in [3.63, 3.8) is 0 Å². The zero-order chi connectivity index (χ0) is 22.1. The van der Waals surface area contributed by atoms with E-state index in [2.05, 4.69) is 20.5 Å². The van der Waals surface area contributed by atoms with E-state index in [9.17, 15) is 8.42 Å². The van der Waals surface area contributed by atoms with E-state index >= 15 is 0 Å². The molecule has 1 aliphatic rings. The minimum Gasteiger partial charge on any atom is -0.456 e. The lowest BCUT2D eigenvalue weighted by Gasteiger charge is -2.37. The van der Waals surface area contributed by atoms with E-state index in [-0.39, 0.29) is 10.9 Å². The second-order valence-electron chi connectivity index (χ2n) is 7.23. The molecule has 0 N–H and O–H groups in total. The van der Waals surface area contributed by atoms with Gasteiger partial charge in [-0.1, -0.05) is 28.9 Å². The van der Waals surface area contributed by atoms with E-state index in [1.807, 2.05) is 12.1 Å². The summed E-state index contributed by atoms with van der Waals surface area (Å²) in [6.07, 6.45) is 4.97. The topological polar surface area (TPSA) is 108 Å². The molecular formula is C20H18ClN7O3S. The normalized spacial score (nSPS) is 14.9. The number of benzene rings is 2. The first-order chi connectivity index (χ1) is 15.5.